The Labute approximate surface area is 130 Å². The summed E-state index contributed by atoms with van der Waals surface area (Å²) >= 11 is 5.99. The van der Waals surface area contributed by atoms with Gasteiger partial charge in [-0.25, -0.2) is 0 Å². The van der Waals surface area contributed by atoms with Crippen molar-refractivity contribution in [1.82, 2.24) is 5.32 Å². The van der Waals surface area contributed by atoms with Crippen molar-refractivity contribution in [2.75, 3.05) is 20.7 Å². The molecule has 0 aliphatic carbocycles. The lowest BCUT2D eigenvalue weighted by atomic mass is 10.0. The predicted molar refractivity (Wildman–Crippen MR) is 88.4 cm³/mol. The van der Waals surface area contributed by atoms with E-state index in [1.165, 1.54) is 0 Å². The molecule has 0 spiro atoms. The molecule has 1 N–H and O–H groups in total. The zero-order valence-electron chi connectivity index (χ0n) is 12.5. The minimum absolute atomic E-state index is 0.551. The van der Waals surface area contributed by atoms with Crippen molar-refractivity contribution in [1.29, 1.82) is 0 Å². The molecule has 0 radical (unpaired) electrons. The van der Waals surface area contributed by atoms with Crippen molar-refractivity contribution in [2.45, 2.75) is 6.92 Å². The zero-order valence-corrected chi connectivity index (χ0v) is 13.3. The Morgan fingerprint density at radius 1 is 1.19 bits per heavy atom. The van der Waals surface area contributed by atoms with Gasteiger partial charge in [-0.3, -0.25) is 4.79 Å². The fourth-order valence-corrected chi connectivity index (χ4v) is 1.97. The molecular formula is C17H20ClNO2. The molecule has 0 atom stereocenters. The van der Waals surface area contributed by atoms with Crippen molar-refractivity contribution in [2.24, 2.45) is 0 Å². The number of carbonyl (C=O) groups excluding carboxylic acids is 1. The minimum Gasteiger partial charge on any atom is -0.493 e. The van der Waals surface area contributed by atoms with Gasteiger partial charge in [0.1, 0.15) is 12.0 Å². The number of hydrogen-bond donors (Lipinski definition) is 1. The number of aldehydes is 1. The van der Waals surface area contributed by atoms with E-state index in [0.717, 1.165) is 17.4 Å². The van der Waals surface area contributed by atoms with Gasteiger partial charge in [0.25, 0.3) is 0 Å². The Balaban J connectivity index is 0.000000677. The molecule has 4 heteroatoms. The first kappa shape index (κ1) is 17.2. The molecule has 0 saturated carbocycles. The zero-order chi connectivity index (χ0) is 15.7. The van der Waals surface area contributed by atoms with Crippen molar-refractivity contribution in [3.8, 4) is 16.9 Å². The van der Waals surface area contributed by atoms with Crippen LogP contribution in [0.5, 0.6) is 5.75 Å². The first-order valence-electron chi connectivity index (χ1n) is 6.72. The maximum absolute atomic E-state index is 10.8. The van der Waals surface area contributed by atoms with Crippen LogP contribution in [0.4, 0.5) is 0 Å². The standard InChI is InChI=1S/C15H13ClO2.C2H7N/c1-2-18-15-8-11(10-17)6-7-14(15)12-4-3-5-13(16)9-12;1-3-2/h3-10H,2H2,1H3;3H,1-2H3. The molecule has 0 amide bonds. The largest absolute Gasteiger partial charge is 0.493 e. The molecule has 0 aromatic heterocycles. The molecule has 0 saturated heterocycles. The second kappa shape index (κ2) is 9.16. The van der Waals surface area contributed by atoms with Crippen LogP contribution >= 0.6 is 11.6 Å². The normalized spacial score (nSPS) is 9.52. The van der Waals surface area contributed by atoms with Crippen LogP contribution < -0.4 is 10.1 Å². The summed E-state index contributed by atoms with van der Waals surface area (Å²) in [6, 6.07) is 12.9. The molecule has 3 nitrogen and oxygen atoms in total. The number of rotatable bonds is 4. The number of carbonyl (C=O) groups is 1. The van der Waals surface area contributed by atoms with Gasteiger partial charge in [-0.2, -0.15) is 0 Å². The summed E-state index contributed by atoms with van der Waals surface area (Å²) in [6.07, 6.45) is 0.810. The lowest BCUT2D eigenvalue weighted by Gasteiger charge is -2.11. The van der Waals surface area contributed by atoms with E-state index < -0.39 is 0 Å². The van der Waals surface area contributed by atoms with E-state index in [9.17, 15) is 4.79 Å². The maximum Gasteiger partial charge on any atom is 0.150 e. The van der Waals surface area contributed by atoms with Gasteiger partial charge in [0.05, 0.1) is 6.61 Å². The van der Waals surface area contributed by atoms with E-state index in [0.29, 0.717) is 22.9 Å². The van der Waals surface area contributed by atoms with Gasteiger partial charge < -0.3 is 10.1 Å². The van der Waals surface area contributed by atoms with Gasteiger partial charge in [0.2, 0.25) is 0 Å². The van der Waals surface area contributed by atoms with Crippen molar-refractivity contribution in [3.05, 3.63) is 53.1 Å². The van der Waals surface area contributed by atoms with Crippen molar-refractivity contribution < 1.29 is 9.53 Å². The Morgan fingerprint density at radius 2 is 1.90 bits per heavy atom. The molecule has 0 aliphatic heterocycles. The predicted octanol–water partition coefficient (Wildman–Crippen LogP) is 4.05. The summed E-state index contributed by atoms with van der Waals surface area (Å²) < 4.78 is 5.57. The molecule has 2 aromatic rings. The number of ether oxygens (including phenoxy) is 1. The van der Waals surface area contributed by atoms with E-state index in [2.05, 4.69) is 5.32 Å². The van der Waals surface area contributed by atoms with Crippen molar-refractivity contribution in [3.63, 3.8) is 0 Å². The summed E-state index contributed by atoms with van der Waals surface area (Å²) in [5, 5.41) is 3.43. The molecule has 0 bridgehead atoms. The number of benzene rings is 2. The van der Waals surface area contributed by atoms with Crippen molar-refractivity contribution >= 4 is 17.9 Å². The molecule has 0 unspecified atom stereocenters. The van der Waals surface area contributed by atoms with Crippen LogP contribution in [0.1, 0.15) is 17.3 Å². The highest BCUT2D eigenvalue weighted by molar-refractivity contribution is 6.30. The van der Waals surface area contributed by atoms with Crippen LogP contribution in [0.2, 0.25) is 5.02 Å². The first-order valence-corrected chi connectivity index (χ1v) is 7.10. The molecule has 21 heavy (non-hydrogen) atoms. The Bertz CT molecular complexity index is 585. The highest BCUT2D eigenvalue weighted by Gasteiger charge is 2.07. The Morgan fingerprint density at radius 3 is 2.48 bits per heavy atom. The van der Waals surface area contributed by atoms with Gasteiger partial charge >= 0.3 is 0 Å². The fourth-order valence-electron chi connectivity index (χ4n) is 1.78. The summed E-state index contributed by atoms with van der Waals surface area (Å²) in [5.74, 6) is 0.698. The van der Waals surface area contributed by atoms with E-state index in [4.69, 9.17) is 16.3 Å². The average molecular weight is 306 g/mol. The fraction of sp³-hybridized carbons (Fsp3) is 0.235. The van der Waals surface area contributed by atoms with Crippen LogP contribution in [0.3, 0.4) is 0 Å². The quantitative estimate of drug-likeness (QED) is 0.866. The van der Waals surface area contributed by atoms with Crippen LogP contribution in [0.15, 0.2) is 42.5 Å². The molecule has 112 valence electrons. The second-order valence-corrected chi connectivity index (χ2v) is 4.75. The molecule has 0 fully saturated rings. The third-order valence-electron chi connectivity index (χ3n) is 2.58. The first-order chi connectivity index (χ1) is 10.2. The van der Waals surface area contributed by atoms with Gasteiger partial charge in [-0.05, 0) is 50.8 Å². The van der Waals surface area contributed by atoms with Gasteiger partial charge in [-0.15, -0.1) is 0 Å². The van der Waals surface area contributed by atoms with E-state index >= 15 is 0 Å². The lowest BCUT2D eigenvalue weighted by Crippen LogP contribution is -1.95. The third kappa shape index (κ3) is 5.21. The smallest absolute Gasteiger partial charge is 0.150 e. The lowest BCUT2D eigenvalue weighted by molar-refractivity contribution is 0.112. The van der Waals surface area contributed by atoms with Crippen LogP contribution in [-0.4, -0.2) is 27.0 Å². The second-order valence-electron chi connectivity index (χ2n) is 4.32. The SMILES string of the molecule is CCOc1cc(C=O)ccc1-c1cccc(Cl)c1.CNC. The van der Waals surface area contributed by atoms with Gasteiger partial charge in [0.15, 0.2) is 0 Å². The molecule has 2 aromatic carbocycles. The summed E-state index contributed by atoms with van der Waals surface area (Å²) in [5.41, 5.74) is 2.51. The average Bonchev–Trinajstić information content (AvgIpc) is 2.48. The summed E-state index contributed by atoms with van der Waals surface area (Å²) in [4.78, 5) is 10.8. The Kier molecular flexibility index (Phi) is 7.51. The number of nitrogens with one attached hydrogen (secondary N) is 1. The highest BCUT2D eigenvalue weighted by Crippen LogP contribution is 2.32. The topological polar surface area (TPSA) is 38.3 Å². The monoisotopic (exact) mass is 305 g/mol. The van der Waals surface area contributed by atoms with Gasteiger partial charge in [-0.1, -0.05) is 29.8 Å². The van der Waals surface area contributed by atoms with Gasteiger partial charge in [0, 0.05) is 16.1 Å². The van der Waals surface area contributed by atoms with E-state index in [1.54, 1.807) is 12.1 Å². The third-order valence-corrected chi connectivity index (χ3v) is 2.81. The molecule has 0 aliphatic rings. The van der Waals surface area contributed by atoms with Crippen LogP contribution in [-0.2, 0) is 0 Å². The highest BCUT2D eigenvalue weighted by atomic mass is 35.5. The number of halogens is 1. The van der Waals surface area contributed by atoms with Crippen LogP contribution in [0.25, 0.3) is 11.1 Å². The minimum atomic E-state index is 0.551. The molecule has 0 heterocycles. The van der Waals surface area contributed by atoms with E-state index in [1.807, 2.05) is 51.4 Å². The van der Waals surface area contributed by atoms with E-state index in [-0.39, 0.29) is 0 Å². The maximum atomic E-state index is 10.8. The summed E-state index contributed by atoms with van der Waals surface area (Å²) in [7, 11) is 3.75. The Hall–Kier alpha value is -1.84. The summed E-state index contributed by atoms with van der Waals surface area (Å²) in [6.45, 7) is 2.46. The number of hydrogen-bond acceptors (Lipinski definition) is 3. The van der Waals surface area contributed by atoms with Crippen LogP contribution in [0, 0.1) is 0 Å². The molecular weight excluding hydrogens is 286 g/mol. The molecule has 2 rings (SSSR count).